The molecule has 6 rings (SSSR count). The minimum absolute atomic E-state index is 0.105. The van der Waals surface area contributed by atoms with Gasteiger partial charge in [-0.15, -0.1) is 0 Å². The van der Waals surface area contributed by atoms with E-state index in [0.717, 1.165) is 60.0 Å². The highest BCUT2D eigenvalue weighted by Crippen LogP contribution is 2.52. The van der Waals surface area contributed by atoms with Crippen molar-refractivity contribution in [2.45, 2.75) is 63.5 Å². The van der Waals surface area contributed by atoms with Crippen molar-refractivity contribution in [3.8, 4) is 11.3 Å². The number of benzene rings is 2. The molecule has 0 saturated heterocycles. The van der Waals surface area contributed by atoms with Crippen molar-refractivity contribution < 1.29 is 18.7 Å². The molecule has 2 aromatic carbocycles. The average Bonchev–Trinajstić information content (AvgIpc) is 3.36. The van der Waals surface area contributed by atoms with E-state index in [2.05, 4.69) is 46.5 Å². The summed E-state index contributed by atoms with van der Waals surface area (Å²) in [4.78, 5) is 14.0. The number of aromatic nitrogens is 2. The van der Waals surface area contributed by atoms with E-state index >= 15 is 8.78 Å². The Labute approximate surface area is 215 Å². The molecule has 2 aromatic heterocycles. The molecule has 0 amide bonds. The summed E-state index contributed by atoms with van der Waals surface area (Å²) in [5.74, 6) is -4.69. The molecule has 1 saturated carbocycles. The third kappa shape index (κ3) is 3.95. The van der Waals surface area contributed by atoms with Gasteiger partial charge in [0.05, 0.1) is 22.7 Å². The number of carboxylic acid groups (broad SMARTS) is 1. The maximum atomic E-state index is 15.6. The first-order valence-electron chi connectivity index (χ1n) is 13.3. The van der Waals surface area contributed by atoms with Gasteiger partial charge >= 0.3 is 5.97 Å². The molecule has 7 heteroatoms. The molecule has 5 nitrogen and oxygen atoms in total. The second-order valence-electron chi connectivity index (χ2n) is 11.0. The lowest BCUT2D eigenvalue weighted by Crippen LogP contribution is -2.30. The van der Waals surface area contributed by atoms with Crippen LogP contribution in [0.25, 0.3) is 33.1 Å². The van der Waals surface area contributed by atoms with Crippen molar-refractivity contribution in [3.63, 3.8) is 0 Å². The van der Waals surface area contributed by atoms with Gasteiger partial charge in [0, 0.05) is 54.1 Å². The summed E-state index contributed by atoms with van der Waals surface area (Å²) in [5.41, 5.74) is 5.80. The summed E-state index contributed by atoms with van der Waals surface area (Å²) in [7, 11) is 4.14. The van der Waals surface area contributed by atoms with Gasteiger partial charge in [0.1, 0.15) is 0 Å². The third-order valence-electron chi connectivity index (χ3n) is 8.31. The Morgan fingerprint density at radius 3 is 2.70 bits per heavy atom. The van der Waals surface area contributed by atoms with Crippen LogP contribution in [0.4, 0.5) is 8.78 Å². The van der Waals surface area contributed by atoms with E-state index in [9.17, 15) is 9.90 Å². The van der Waals surface area contributed by atoms with Crippen LogP contribution in [-0.2, 0) is 19.5 Å². The molecule has 3 heterocycles. The van der Waals surface area contributed by atoms with Crippen LogP contribution >= 0.6 is 0 Å². The van der Waals surface area contributed by atoms with Gasteiger partial charge in [-0.3, -0.25) is 0 Å². The average molecular weight is 506 g/mol. The molecule has 1 unspecified atom stereocenters. The summed E-state index contributed by atoms with van der Waals surface area (Å²) in [6.45, 7) is 2.40. The van der Waals surface area contributed by atoms with Crippen molar-refractivity contribution in [2.75, 3.05) is 20.6 Å². The van der Waals surface area contributed by atoms with Crippen molar-refractivity contribution >= 4 is 27.8 Å². The first kappa shape index (κ1) is 24.2. The van der Waals surface area contributed by atoms with E-state index in [0.29, 0.717) is 24.9 Å². The zero-order valence-electron chi connectivity index (χ0n) is 21.4. The maximum absolute atomic E-state index is 15.6. The highest BCUT2D eigenvalue weighted by molar-refractivity contribution is 6.03. The SMILES string of the molecule is CN(C)CCc1cn2c3c(cccc13)-c1c(C3CCCCC3(F)F)c3ccc(C(=O)O)cc3n1CCC2. The smallest absolute Gasteiger partial charge is 0.335 e. The number of carboxylic acids is 1. The van der Waals surface area contributed by atoms with Crippen LogP contribution in [0, 0.1) is 0 Å². The van der Waals surface area contributed by atoms with Crippen LogP contribution in [-0.4, -0.2) is 51.7 Å². The number of aryl methyl sites for hydroxylation is 2. The Morgan fingerprint density at radius 1 is 1.11 bits per heavy atom. The van der Waals surface area contributed by atoms with Gasteiger partial charge in [-0.05, 0) is 63.0 Å². The van der Waals surface area contributed by atoms with Crippen LogP contribution in [0.1, 0.15) is 59.5 Å². The Balaban J connectivity index is 1.68. The van der Waals surface area contributed by atoms with E-state index < -0.39 is 17.8 Å². The number of carbonyl (C=O) groups is 1. The predicted molar refractivity (Wildman–Crippen MR) is 143 cm³/mol. The van der Waals surface area contributed by atoms with Gasteiger partial charge in [0.25, 0.3) is 5.92 Å². The number of fused-ring (bicyclic) bond motifs is 4. The van der Waals surface area contributed by atoms with Gasteiger partial charge in [-0.2, -0.15) is 0 Å². The highest BCUT2D eigenvalue weighted by atomic mass is 19.3. The number of nitrogens with zero attached hydrogens (tertiary/aromatic N) is 3. The van der Waals surface area contributed by atoms with E-state index in [4.69, 9.17) is 0 Å². The van der Waals surface area contributed by atoms with Gasteiger partial charge in [0.2, 0.25) is 0 Å². The predicted octanol–water partition coefficient (Wildman–Crippen LogP) is 6.76. The Kier molecular flexibility index (Phi) is 5.86. The summed E-state index contributed by atoms with van der Waals surface area (Å²) in [6.07, 6.45) is 5.63. The summed E-state index contributed by atoms with van der Waals surface area (Å²) in [6, 6.07) is 11.2. The Bertz CT molecular complexity index is 1510. The summed E-state index contributed by atoms with van der Waals surface area (Å²) in [5, 5.41) is 11.6. The molecule has 2 aliphatic rings. The van der Waals surface area contributed by atoms with E-state index in [-0.39, 0.29) is 12.0 Å². The molecule has 1 atom stereocenters. The molecular formula is C30H33F2N3O2. The first-order valence-corrected chi connectivity index (χ1v) is 13.3. The molecule has 0 radical (unpaired) electrons. The largest absolute Gasteiger partial charge is 0.478 e. The van der Waals surface area contributed by atoms with Gasteiger partial charge < -0.3 is 19.1 Å². The topological polar surface area (TPSA) is 50.4 Å². The van der Waals surface area contributed by atoms with Gasteiger partial charge in [0.15, 0.2) is 0 Å². The zero-order chi connectivity index (χ0) is 25.9. The normalized spacial score (nSPS) is 19.2. The fourth-order valence-electron chi connectivity index (χ4n) is 6.58. The molecule has 0 bridgehead atoms. The lowest BCUT2D eigenvalue weighted by atomic mass is 9.78. The summed E-state index contributed by atoms with van der Waals surface area (Å²) < 4.78 is 35.6. The highest BCUT2D eigenvalue weighted by Gasteiger charge is 2.45. The zero-order valence-corrected chi connectivity index (χ0v) is 21.4. The number of aromatic carboxylic acids is 1. The van der Waals surface area contributed by atoms with E-state index in [1.807, 2.05) is 6.07 Å². The van der Waals surface area contributed by atoms with Crippen molar-refractivity contribution in [1.82, 2.24) is 14.0 Å². The molecule has 4 aromatic rings. The quantitative estimate of drug-likeness (QED) is 0.326. The van der Waals surface area contributed by atoms with Crippen molar-refractivity contribution in [2.24, 2.45) is 0 Å². The molecule has 1 aliphatic heterocycles. The van der Waals surface area contributed by atoms with E-state index in [1.165, 1.54) is 10.9 Å². The van der Waals surface area contributed by atoms with Crippen LogP contribution in [0.15, 0.2) is 42.6 Å². The fourth-order valence-corrected chi connectivity index (χ4v) is 6.58. The van der Waals surface area contributed by atoms with Crippen LogP contribution < -0.4 is 0 Å². The summed E-state index contributed by atoms with van der Waals surface area (Å²) >= 11 is 0. The molecule has 194 valence electrons. The molecule has 1 aliphatic carbocycles. The number of alkyl halides is 2. The van der Waals surface area contributed by atoms with Gasteiger partial charge in [-0.25, -0.2) is 13.6 Å². The number of halogens is 2. The van der Waals surface area contributed by atoms with Crippen LogP contribution in [0.2, 0.25) is 0 Å². The van der Waals surface area contributed by atoms with Crippen molar-refractivity contribution in [1.29, 1.82) is 0 Å². The number of rotatable bonds is 5. The number of hydrogen-bond donors (Lipinski definition) is 1. The number of hydrogen-bond acceptors (Lipinski definition) is 2. The van der Waals surface area contributed by atoms with E-state index in [1.54, 1.807) is 18.2 Å². The number of para-hydroxylation sites is 1. The van der Waals surface area contributed by atoms with Crippen molar-refractivity contribution in [3.05, 3.63) is 59.3 Å². The Hall–Kier alpha value is -3.19. The monoisotopic (exact) mass is 505 g/mol. The second kappa shape index (κ2) is 8.98. The molecule has 0 spiro atoms. The maximum Gasteiger partial charge on any atom is 0.335 e. The molecular weight excluding hydrogens is 472 g/mol. The molecule has 37 heavy (non-hydrogen) atoms. The standard InChI is InChI=1S/C30H33F2N3O2/c1-33(2)16-12-20-18-34-14-6-15-35-25-17-19(29(36)37)10-11-22(25)26(24-9-3-4-13-30(24,31)32)28(35)23-8-5-7-21(20)27(23)34/h5,7-8,10-11,17-18,24H,3-4,6,9,12-16H2,1-2H3,(H,36,37). The minimum atomic E-state index is -2.80. The molecule has 1 N–H and O–H groups in total. The lowest BCUT2D eigenvalue weighted by Gasteiger charge is -2.32. The number of likely N-dealkylation sites (N-methyl/N-ethyl adjacent to an activating group) is 1. The van der Waals surface area contributed by atoms with Crippen LogP contribution in [0.5, 0.6) is 0 Å². The lowest BCUT2D eigenvalue weighted by molar-refractivity contribution is -0.0542. The first-order chi connectivity index (χ1) is 17.8. The van der Waals surface area contributed by atoms with Gasteiger partial charge in [-0.1, -0.05) is 30.7 Å². The third-order valence-corrected chi connectivity index (χ3v) is 8.31. The second-order valence-corrected chi connectivity index (χ2v) is 11.0. The van der Waals surface area contributed by atoms with Crippen LogP contribution in [0.3, 0.4) is 0 Å². The fraction of sp³-hybridized carbons (Fsp3) is 0.433. The molecule has 1 fully saturated rings. The Morgan fingerprint density at radius 2 is 1.95 bits per heavy atom. The minimum Gasteiger partial charge on any atom is -0.478 e.